The Labute approximate surface area is 102 Å². The molecule has 2 nitrogen and oxygen atoms in total. The molecule has 0 saturated heterocycles. The first-order valence-corrected chi connectivity index (χ1v) is 7.19. The molecule has 0 unspecified atom stereocenters. The highest BCUT2D eigenvalue weighted by molar-refractivity contribution is 4.83. The van der Waals surface area contributed by atoms with Gasteiger partial charge in [0.05, 0.1) is 0 Å². The summed E-state index contributed by atoms with van der Waals surface area (Å²) in [6, 6.07) is 0. The average Bonchev–Trinajstić information content (AvgIpc) is 2.34. The lowest BCUT2D eigenvalue weighted by Gasteiger charge is -2.32. The van der Waals surface area contributed by atoms with Gasteiger partial charge >= 0.3 is 0 Å². The van der Waals surface area contributed by atoms with Crippen LogP contribution in [0.5, 0.6) is 0 Å². The zero-order valence-electron chi connectivity index (χ0n) is 11.6. The Morgan fingerprint density at radius 2 is 1.31 bits per heavy atom. The maximum Gasteiger partial charge on any atom is 0.0173 e. The summed E-state index contributed by atoms with van der Waals surface area (Å²) in [6.07, 6.45) is 10.2. The van der Waals surface area contributed by atoms with E-state index >= 15 is 0 Å². The second-order valence-electron chi connectivity index (χ2n) is 4.82. The summed E-state index contributed by atoms with van der Waals surface area (Å²) in [6.45, 7) is 8.91. The van der Waals surface area contributed by atoms with Gasteiger partial charge in [-0.2, -0.15) is 0 Å². The maximum absolute atomic E-state index is 5.47. The molecule has 0 spiro atoms. The van der Waals surface area contributed by atoms with Crippen LogP contribution in [0.25, 0.3) is 0 Å². The molecule has 0 rings (SSSR count). The number of unbranched alkanes of at least 4 members (excludes halogenated alkanes) is 4. The molecule has 0 aromatic carbocycles. The van der Waals surface area contributed by atoms with Gasteiger partial charge in [-0.25, -0.2) is 0 Å². The van der Waals surface area contributed by atoms with Crippen LogP contribution in [0.3, 0.4) is 0 Å². The van der Waals surface area contributed by atoms with Crippen LogP contribution >= 0.6 is 0 Å². The molecule has 0 atom stereocenters. The summed E-state index contributed by atoms with van der Waals surface area (Å²) in [4.78, 5) is 0. The first-order chi connectivity index (χ1) is 7.74. The first-order valence-electron chi connectivity index (χ1n) is 7.19. The number of nitrogens with one attached hydrogen (secondary N) is 1. The van der Waals surface area contributed by atoms with Crippen molar-refractivity contribution in [3.63, 3.8) is 0 Å². The molecule has 2 heteroatoms. The van der Waals surface area contributed by atoms with Crippen molar-refractivity contribution < 1.29 is 0 Å². The lowest BCUT2D eigenvalue weighted by molar-refractivity contribution is 0.288. The molecule has 0 saturated carbocycles. The largest absolute Gasteiger partial charge is 0.330 e. The Balaban J connectivity index is 3.48. The molecule has 0 heterocycles. The van der Waals surface area contributed by atoms with E-state index in [9.17, 15) is 0 Å². The summed E-state index contributed by atoms with van der Waals surface area (Å²) in [5.74, 6) is 0. The van der Waals surface area contributed by atoms with Crippen molar-refractivity contribution in [3.8, 4) is 0 Å². The van der Waals surface area contributed by atoms with E-state index in [1.165, 1.54) is 57.9 Å². The number of hydrogen-bond donors (Lipinski definition) is 2. The fourth-order valence-electron chi connectivity index (χ4n) is 2.28. The normalized spacial score (nSPS) is 12.0. The minimum Gasteiger partial charge on any atom is -0.330 e. The fraction of sp³-hybridized carbons (Fsp3) is 1.00. The Morgan fingerprint density at radius 1 is 0.812 bits per heavy atom. The van der Waals surface area contributed by atoms with Crippen molar-refractivity contribution in [2.24, 2.45) is 5.73 Å². The molecular formula is C14H32N2. The fourth-order valence-corrected chi connectivity index (χ4v) is 2.28. The SMILES string of the molecule is CCC(CC)(CC)NCCCCCCCN. The third-order valence-electron chi connectivity index (χ3n) is 3.91. The number of rotatable bonds is 11. The van der Waals surface area contributed by atoms with Crippen molar-refractivity contribution in [1.82, 2.24) is 5.32 Å². The molecule has 0 aromatic rings. The number of hydrogen-bond acceptors (Lipinski definition) is 2. The standard InChI is InChI=1S/C14H32N2/c1-4-14(5-2,6-3)16-13-11-9-7-8-10-12-15/h16H,4-13,15H2,1-3H3. The molecule has 98 valence electrons. The predicted molar refractivity (Wildman–Crippen MR) is 73.7 cm³/mol. The Bertz CT molecular complexity index is 133. The summed E-state index contributed by atoms with van der Waals surface area (Å²) in [5.41, 5.74) is 5.87. The molecular weight excluding hydrogens is 196 g/mol. The summed E-state index contributed by atoms with van der Waals surface area (Å²) in [7, 11) is 0. The van der Waals surface area contributed by atoms with Gasteiger partial charge in [-0.15, -0.1) is 0 Å². The van der Waals surface area contributed by atoms with Gasteiger partial charge in [0.15, 0.2) is 0 Å². The van der Waals surface area contributed by atoms with Crippen molar-refractivity contribution in [2.75, 3.05) is 13.1 Å². The van der Waals surface area contributed by atoms with Gasteiger partial charge in [0.1, 0.15) is 0 Å². The second kappa shape index (κ2) is 10.1. The highest BCUT2D eigenvalue weighted by atomic mass is 15.0. The third-order valence-corrected chi connectivity index (χ3v) is 3.91. The Morgan fingerprint density at radius 3 is 1.81 bits per heavy atom. The minimum atomic E-state index is 0.400. The molecule has 0 aromatic heterocycles. The van der Waals surface area contributed by atoms with Gasteiger partial charge < -0.3 is 11.1 Å². The van der Waals surface area contributed by atoms with E-state index in [1.807, 2.05) is 0 Å². The quantitative estimate of drug-likeness (QED) is 0.532. The van der Waals surface area contributed by atoms with E-state index in [1.54, 1.807) is 0 Å². The Hall–Kier alpha value is -0.0800. The molecule has 0 aliphatic rings. The molecule has 0 radical (unpaired) electrons. The maximum atomic E-state index is 5.47. The zero-order chi connectivity index (χ0) is 12.3. The van der Waals surface area contributed by atoms with Gasteiger partial charge in [-0.1, -0.05) is 40.0 Å². The minimum absolute atomic E-state index is 0.400. The number of nitrogens with two attached hydrogens (primary N) is 1. The van der Waals surface area contributed by atoms with Crippen LogP contribution in [-0.2, 0) is 0 Å². The molecule has 0 aliphatic carbocycles. The van der Waals surface area contributed by atoms with Crippen molar-refractivity contribution >= 4 is 0 Å². The molecule has 16 heavy (non-hydrogen) atoms. The smallest absolute Gasteiger partial charge is 0.0173 e. The topological polar surface area (TPSA) is 38.0 Å². The third kappa shape index (κ3) is 6.49. The van der Waals surface area contributed by atoms with Gasteiger partial charge in [0, 0.05) is 5.54 Å². The van der Waals surface area contributed by atoms with E-state index in [4.69, 9.17) is 5.73 Å². The van der Waals surface area contributed by atoms with Crippen molar-refractivity contribution in [3.05, 3.63) is 0 Å². The highest BCUT2D eigenvalue weighted by Gasteiger charge is 2.21. The van der Waals surface area contributed by atoms with Gasteiger partial charge in [0.2, 0.25) is 0 Å². The highest BCUT2D eigenvalue weighted by Crippen LogP contribution is 2.19. The van der Waals surface area contributed by atoms with Gasteiger partial charge in [0.25, 0.3) is 0 Å². The van der Waals surface area contributed by atoms with Crippen LogP contribution in [-0.4, -0.2) is 18.6 Å². The second-order valence-corrected chi connectivity index (χ2v) is 4.82. The molecule has 3 N–H and O–H groups in total. The monoisotopic (exact) mass is 228 g/mol. The van der Waals surface area contributed by atoms with Crippen LogP contribution in [0.15, 0.2) is 0 Å². The van der Waals surface area contributed by atoms with Crippen LogP contribution in [0.2, 0.25) is 0 Å². The average molecular weight is 228 g/mol. The van der Waals surface area contributed by atoms with Crippen molar-refractivity contribution in [2.45, 2.75) is 77.7 Å². The van der Waals surface area contributed by atoms with Crippen LogP contribution in [0.1, 0.15) is 72.1 Å². The zero-order valence-corrected chi connectivity index (χ0v) is 11.6. The Kier molecular flexibility index (Phi) is 10.0. The van der Waals surface area contributed by atoms with E-state index in [0.29, 0.717) is 5.54 Å². The van der Waals surface area contributed by atoms with Gasteiger partial charge in [-0.3, -0.25) is 0 Å². The lowest BCUT2D eigenvalue weighted by Crippen LogP contribution is -2.44. The predicted octanol–water partition coefficient (Wildman–Crippen LogP) is 3.45. The van der Waals surface area contributed by atoms with E-state index < -0.39 is 0 Å². The summed E-state index contributed by atoms with van der Waals surface area (Å²) >= 11 is 0. The van der Waals surface area contributed by atoms with Crippen LogP contribution in [0, 0.1) is 0 Å². The van der Waals surface area contributed by atoms with Crippen LogP contribution in [0.4, 0.5) is 0 Å². The van der Waals surface area contributed by atoms with E-state index in [2.05, 4.69) is 26.1 Å². The summed E-state index contributed by atoms with van der Waals surface area (Å²) < 4.78 is 0. The molecule has 0 bridgehead atoms. The first kappa shape index (κ1) is 15.9. The van der Waals surface area contributed by atoms with E-state index in [-0.39, 0.29) is 0 Å². The summed E-state index contributed by atoms with van der Waals surface area (Å²) in [5, 5.41) is 3.75. The van der Waals surface area contributed by atoms with Crippen molar-refractivity contribution in [1.29, 1.82) is 0 Å². The molecule has 0 amide bonds. The van der Waals surface area contributed by atoms with E-state index in [0.717, 1.165) is 6.54 Å². The molecule has 0 aliphatic heterocycles. The molecule has 0 fully saturated rings. The van der Waals surface area contributed by atoms with Crippen LogP contribution < -0.4 is 11.1 Å². The lowest BCUT2D eigenvalue weighted by atomic mass is 9.89. The van der Waals surface area contributed by atoms with Gasteiger partial charge in [-0.05, 0) is 45.2 Å².